The normalized spacial score (nSPS) is 24.2. The maximum atomic E-state index is 14.0. The number of nitrogens with one attached hydrogen (secondary N) is 1. The second kappa shape index (κ2) is 8.05. The number of hydrazine groups is 1. The van der Waals surface area contributed by atoms with E-state index in [0.717, 1.165) is 12.1 Å². The summed E-state index contributed by atoms with van der Waals surface area (Å²) in [4.78, 5) is 15.8. The van der Waals surface area contributed by atoms with Gasteiger partial charge in [-0.2, -0.15) is 4.41 Å². The van der Waals surface area contributed by atoms with Crippen LogP contribution in [0.25, 0.3) is 10.9 Å². The van der Waals surface area contributed by atoms with Crippen molar-refractivity contribution in [2.45, 2.75) is 36.7 Å². The van der Waals surface area contributed by atoms with Crippen molar-refractivity contribution >= 4 is 36.9 Å². The molecule has 178 valence electrons. The number of carbonyl (C=O) groups excluding carboxylic acids is 1. The number of benzene rings is 1. The zero-order valence-corrected chi connectivity index (χ0v) is 19.8. The Kier molecular flexibility index (Phi) is 5.76. The number of H-pyrrole nitrogens is 1. The minimum atomic E-state index is -4.74. The standard InChI is InChI=1S/C21H25FN4O5S2/c1-14-5-8-18(32(28,29)25-11-3-4-12-25)21(2,13-14)33(30,31)26(23)20(27)16-6-7-17(22)19-15(16)9-10-24-19/h5-10,13,18,24H,3-4,11-12,23H2,1-2H3. The number of carbonyl (C=O) groups is 1. The molecule has 3 N–H and O–H groups in total. The third-order valence-corrected chi connectivity index (χ3v) is 11.0. The van der Waals surface area contributed by atoms with Crippen LogP contribution in [-0.2, 0) is 20.0 Å². The molecule has 0 spiro atoms. The van der Waals surface area contributed by atoms with Gasteiger partial charge in [-0.1, -0.05) is 23.8 Å². The lowest BCUT2D eigenvalue weighted by Crippen LogP contribution is -2.60. The molecule has 0 saturated carbocycles. The van der Waals surface area contributed by atoms with E-state index in [2.05, 4.69) is 4.98 Å². The van der Waals surface area contributed by atoms with Crippen molar-refractivity contribution in [3.8, 4) is 0 Å². The molecule has 1 saturated heterocycles. The number of nitrogens with zero attached hydrogens (tertiary/aromatic N) is 2. The molecule has 1 amide bonds. The smallest absolute Gasteiger partial charge is 0.282 e. The zero-order chi connectivity index (χ0) is 24.2. The summed E-state index contributed by atoms with van der Waals surface area (Å²) in [5.74, 6) is 4.16. The number of hydrogen-bond donors (Lipinski definition) is 2. The van der Waals surface area contributed by atoms with Gasteiger partial charge in [0.05, 0.1) is 11.1 Å². The highest BCUT2D eigenvalue weighted by Gasteiger charge is 2.55. The summed E-state index contributed by atoms with van der Waals surface area (Å²) in [6.07, 6.45) is 6.98. The Morgan fingerprint density at radius 3 is 2.55 bits per heavy atom. The van der Waals surface area contributed by atoms with E-state index in [4.69, 9.17) is 5.84 Å². The molecule has 0 radical (unpaired) electrons. The number of hydrogen-bond acceptors (Lipinski definition) is 6. The summed E-state index contributed by atoms with van der Waals surface area (Å²) >= 11 is 0. The molecule has 12 heteroatoms. The number of sulfonamides is 2. The Labute approximate surface area is 191 Å². The molecule has 2 atom stereocenters. The van der Waals surface area contributed by atoms with Crippen LogP contribution in [0.4, 0.5) is 4.39 Å². The van der Waals surface area contributed by atoms with Crippen LogP contribution in [0.2, 0.25) is 0 Å². The fourth-order valence-electron chi connectivity index (χ4n) is 4.48. The zero-order valence-electron chi connectivity index (χ0n) is 18.2. The molecule has 1 aliphatic carbocycles. The average molecular weight is 497 g/mol. The SMILES string of the molecule is CC1=CC(C)(S(=O)(=O)N(N)C(=O)c2ccc(F)c3[nH]ccc23)C(S(=O)(=O)N2CCCC2)C=C1. The van der Waals surface area contributed by atoms with Gasteiger partial charge in [-0.25, -0.2) is 31.4 Å². The minimum Gasteiger partial charge on any atom is -0.359 e. The summed E-state index contributed by atoms with van der Waals surface area (Å²) in [7, 11) is -8.80. The molecule has 2 aliphatic rings. The van der Waals surface area contributed by atoms with Gasteiger partial charge in [0.2, 0.25) is 10.0 Å². The number of halogens is 1. The van der Waals surface area contributed by atoms with Gasteiger partial charge in [0.1, 0.15) is 15.8 Å². The maximum Gasteiger partial charge on any atom is 0.282 e. The van der Waals surface area contributed by atoms with Crippen molar-refractivity contribution in [2.24, 2.45) is 5.84 Å². The van der Waals surface area contributed by atoms with Crippen molar-refractivity contribution < 1.29 is 26.0 Å². The number of aromatic amines is 1. The van der Waals surface area contributed by atoms with Crippen LogP contribution < -0.4 is 5.84 Å². The van der Waals surface area contributed by atoms with Gasteiger partial charge in [0.15, 0.2) is 0 Å². The van der Waals surface area contributed by atoms with Crippen molar-refractivity contribution in [3.05, 3.63) is 59.6 Å². The molecular formula is C21H25FN4O5S2. The first-order valence-corrected chi connectivity index (χ1v) is 13.3. The van der Waals surface area contributed by atoms with Gasteiger partial charge in [-0.05, 0) is 44.9 Å². The second-order valence-electron chi connectivity index (χ2n) is 8.47. The van der Waals surface area contributed by atoms with Crippen LogP contribution in [-0.4, -0.2) is 59.5 Å². The Bertz CT molecular complexity index is 1390. The molecule has 1 fully saturated rings. The molecule has 1 aliphatic heterocycles. The maximum absolute atomic E-state index is 14.0. The van der Waals surface area contributed by atoms with E-state index in [0.29, 0.717) is 31.5 Å². The predicted octanol–water partition coefficient (Wildman–Crippen LogP) is 2.02. The first-order chi connectivity index (χ1) is 15.4. The third kappa shape index (κ3) is 3.61. The van der Waals surface area contributed by atoms with Crippen LogP contribution in [0.15, 0.2) is 48.2 Å². The highest BCUT2D eigenvalue weighted by atomic mass is 32.2. The molecule has 2 unspecified atom stereocenters. The number of aromatic nitrogens is 1. The summed E-state index contributed by atoms with van der Waals surface area (Å²) < 4.78 is 67.5. The van der Waals surface area contributed by atoms with Crippen LogP contribution in [0.1, 0.15) is 37.0 Å². The minimum absolute atomic E-state index is 0.0312. The Hall–Kier alpha value is -2.54. The van der Waals surface area contributed by atoms with Crippen LogP contribution in [0.3, 0.4) is 0 Å². The number of allylic oxidation sites excluding steroid dienone is 2. The molecule has 1 aromatic carbocycles. The van der Waals surface area contributed by atoms with Crippen LogP contribution >= 0.6 is 0 Å². The number of rotatable bonds is 5. The third-order valence-electron chi connectivity index (χ3n) is 6.28. The van der Waals surface area contributed by atoms with Crippen molar-refractivity contribution in [1.82, 2.24) is 13.7 Å². The van der Waals surface area contributed by atoms with E-state index in [-0.39, 0.29) is 20.9 Å². The molecule has 0 bridgehead atoms. The van der Waals surface area contributed by atoms with Gasteiger partial charge >= 0.3 is 0 Å². The summed E-state index contributed by atoms with van der Waals surface area (Å²) in [6.45, 7) is 3.49. The van der Waals surface area contributed by atoms with Gasteiger partial charge in [-0.15, -0.1) is 0 Å². The van der Waals surface area contributed by atoms with Crippen molar-refractivity contribution in [1.29, 1.82) is 0 Å². The molecule has 1 aromatic heterocycles. The van der Waals surface area contributed by atoms with Crippen molar-refractivity contribution in [2.75, 3.05) is 13.1 Å². The van der Waals surface area contributed by atoms with Crippen LogP contribution in [0, 0.1) is 5.82 Å². The molecule has 9 nitrogen and oxygen atoms in total. The lowest BCUT2D eigenvalue weighted by Gasteiger charge is -2.38. The first kappa shape index (κ1) is 23.6. The highest BCUT2D eigenvalue weighted by molar-refractivity contribution is 7.94. The molecule has 2 aromatic rings. The fraction of sp³-hybridized carbons (Fsp3) is 0.381. The van der Waals surface area contributed by atoms with E-state index >= 15 is 0 Å². The monoisotopic (exact) mass is 496 g/mol. The Morgan fingerprint density at radius 2 is 1.88 bits per heavy atom. The van der Waals surface area contributed by atoms with Gasteiger partial charge in [0, 0.05) is 24.7 Å². The Morgan fingerprint density at radius 1 is 1.21 bits per heavy atom. The van der Waals surface area contributed by atoms with E-state index in [9.17, 15) is 26.0 Å². The van der Waals surface area contributed by atoms with E-state index in [1.807, 2.05) is 0 Å². The predicted molar refractivity (Wildman–Crippen MR) is 122 cm³/mol. The summed E-state index contributed by atoms with van der Waals surface area (Å²) in [6, 6.07) is 3.61. The van der Waals surface area contributed by atoms with E-state index in [1.165, 1.54) is 35.6 Å². The topological polar surface area (TPSA) is 134 Å². The highest BCUT2D eigenvalue weighted by Crippen LogP contribution is 2.38. The lowest BCUT2D eigenvalue weighted by molar-refractivity contribution is 0.0860. The Balaban J connectivity index is 1.78. The molecule has 4 rings (SSSR count). The van der Waals surface area contributed by atoms with E-state index < -0.39 is 41.8 Å². The number of amides is 1. The molecule has 33 heavy (non-hydrogen) atoms. The van der Waals surface area contributed by atoms with Gasteiger partial charge in [0.25, 0.3) is 15.9 Å². The summed E-state index contributed by atoms with van der Waals surface area (Å²) in [5.41, 5.74) is 0.418. The van der Waals surface area contributed by atoms with Crippen LogP contribution in [0.5, 0.6) is 0 Å². The van der Waals surface area contributed by atoms with Gasteiger partial charge < -0.3 is 4.98 Å². The quantitative estimate of drug-likeness (QED) is 0.370. The number of fused-ring (bicyclic) bond motifs is 1. The second-order valence-corrected chi connectivity index (χ2v) is 12.7. The lowest BCUT2D eigenvalue weighted by atomic mass is 9.97. The van der Waals surface area contributed by atoms with Crippen molar-refractivity contribution in [3.63, 3.8) is 0 Å². The van der Waals surface area contributed by atoms with Gasteiger partial charge in [-0.3, -0.25) is 4.79 Å². The fourth-order valence-corrected chi connectivity index (χ4v) is 8.68. The largest absolute Gasteiger partial charge is 0.359 e. The average Bonchev–Trinajstić information content (AvgIpc) is 3.45. The van der Waals surface area contributed by atoms with E-state index in [1.54, 1.807) is 13.0 Å². The summed E-state index contributed by atoms with van der Waals surface area (Å²) in [5, 5.41) is -1.32. The first-order valence-electron chi connectivity index (χ1n) is 10.4. The molecule has 2 heterocycles. The number of nitrogens with two attached hydrogens (primary N) is 1. The molecular weight excluding hydrogens is 471 g/mol.